The van der Waals surface area contributed by atoms with E-state index in [1.54, 1.807) is 18.2 Å². The summed E-state index contributed by atoms with van der Waals surface area (Å²) >= 11 is 0. The summed E-state index contributed by atoms with van der Waals surface area (Å²) in [6.45, 7) is 8.05. The van der Waals surface area contributed by atoms with Crippen LogP contribution >= 0.6 is 0 Å². The lowest BCUT2D eigenvalue weighted by molar-refractivity contribution is -0.385. The molecule has 0 saturated heterocycles. The smallest absolute Gasteiger partial charge is 0.310 e. The predicted molar refractivity (Wildman–Crippen MR) is 63.5 cm³/mol. The summed E-state index contributed by atoms with van der Waals surface area (Å²) in [6, 6.07) is 4.72. The number of nitro groups is 1. The van der Waals surface area contributed by atoms with E-state index in [1.807, 2.05) is 13.8 Å². The highest BCUT2D eigenvalue weighted by atomic mass is 16.6. The van der Waals surface area contributed by atoms with E-state index in [2.05, 4.69) is 6.58 Å². The van der Waals surface area contributed by atoms with Crippen LogP contribution in [0.1, 0.15) is 19.4 Å². The molecule has 86 valence electrons. The molecular weight excluding hydrogens is 206 g/mol. The number of hydrogen-bond donors (Lipinski definition) is 0. The monoisotopic (exact) mass is 221 g/mol. The van der Waals surface area contributed by atoms with Gasteiger partial charge >= 0.3 is 5.69 Å². The number of hydrogen-bond acceptors (Lipinski definition) is 3. The highest BCUT2D eigenvalue weighted by molar-refractivity contribution is 5.57. The molecule has 0 aliphatic heterocycles. The molecule has 4 heteroatoms. The van der Waals surface area contributed by atoms with Crippen LogP contribution in [0.3, 0.4) is 0 Å². The molecular formula is C12H15NO3. The average Bonchev–Trinajstić information content (AvgIpc) is 2.25. The van der Waals surface area contributed by atoms with E-state index in [1.165, 1.54) is 6.07 Å². The van der Waals surface area contributed by atoms with Crippen molar-refractivity contribution >= 4 is 11.8 Å². The van der Waals surface area contributed by atoms with E-state index in [0.717, 1.165) is 5.56 Å². The van der Waals surface area contributed by atoms with Crippen LogP contribution in [0, 0.1) is 16.0 Å². The molecule has 0 N–H and O–H groups in total. The van der Waals surface area contributed by atoms with E-state index >= 15 is 0 Å². The number of nitro benzene ring substituents is 1. The summed E-state index contributed by atoms with van der Waals surface area (Å²) in [6.07, 6.45) is 1.63. The molecule has 0 saturated carbocycles. The van der Waals surface area contributed by atoms with Crippen LogP contribution in [0.4, 0.5) is 5.69 Å². The zero-order chi connectivity index (χ0) is 12.1. The molecule has 1 rings (SSSR count). The number of nitrogens with zero attached hydrogens (tertiary/aromatic N) is 1. The molecule has 0 heterocycles. The Morgan fingerprint density at radius 3 is 2.75 bits per heavy atom. The Morgan fingerprint density at radius 2 is 2.25 bits per heavy atom. The van der Waals surface area contributed by atoms with Crippen LogP contribution < -0.4 is 4.74 Å². The largest absolute Gasteiger partial charge is 0.487 e. The third kappa shape index (κ3) is 3.08. The van der Waals surface area contributed by atoms with E-state index in [4.69, 9.17) is 4.74 Å². The van der Waals surface area contributed by atoms with Gasteiger partial charge in [-0.25, -0.2) is 0 Å². The zero-order valence-corrected chi connectivity index (χ0v) is 9.47. The van der Waals surface area contributed by atoms with Crippen molar-refractivity contribution in [2.24, 2.45) is 5.92 Å². The van der Waals surface area contributed by atoms with Gasteiger partial charge in [0.15, 0.2) is 5.75 Å². The lowest BCUT2D eigenvalue weighted by atomic mass is 10.2. The van der Waals surface area contributed by atoms with Crippen molar-refractivity contribution in [3.8, 4) is 5.75 Å². The van der Waals surface area contributed by atoms with Crippen LogP contribution in [0.25, 0.3) is 6.08 Å². The van der Waals surface area contributed by atoms with Crippen LogP contribution in [0.2, 0.25) is 0 Å². The summed E-state index contributed by atoms with van der Waals surface area (Å²) in [5.41, 5.74) is 0.801. The minimum atomic E-state index is -0.442. The van der Waals surface area contributed by atoms with Gasteiger partial charge < -0.3 is 4.74 Å². The minimum absolute atomic E-state index is 0.00810. The molecule has 0 bridgehead atoms. The second-order valence-electron chi connectivity index (χ2n) is 3.89. The highest BCUT2D eigenvalue weighted by Crippen LogP contribution is 2.28. The maximum absolute atomic E-state index is 10.8. The van der Waals surface area contributed by atoms with Crippen LogP contribution in [-0.4, -0.2) is 11.5 Å². The van der Waals surface area contributed by atoms with Crippen LogP contribution in [0.5, 0.6) is 5.75 Å². The molecule has 0 aliphatic carbocycles. The second-order valence-corrected chi connectivity index (χ2v) is 3.89. The molecule has 0 radical (unpaired) electrons. The normalized spacial score (nSPS) is 10.2. The number of rotatable bonds is 5. The SMILES string of the molecule is C=Cc1ccc([N+](=O)[O-])c(OCC(C)C)c1. The first kappa shape index (κ1) is 12.2. The Kier molecular flexibility index (Phi) is 4.05. The first-order valence-electron chi connectivity index (χ1n) is 5.08. The van der Waals surface area contributed by atoms with Gasteiger partial charge in [-0.05, 0) is 23.6 Å². The Hall–Kier alpha value is -1.84. The summed E-state index contributed by atoms with van der Waals surface area (Å²) < 4.78 is 5.41. The molecule has 1 aromatic carbocycles. The topological polar surface area (TPSA) is 52.4 Å². The molecule has 0 aliphatic rings. The van der Waals surface area contributed by atoms with Gasteiger partial charge in [-0.3, -0.25) is 10.1 Å². The third-order valence-corrected chi connectivity index (χ3v) is 1.99. The molecule has 0 aromatic heterocycles. The van der Waals surface area contributed by atoms with Crippen LogP contribution in [-0.2, 0) is 0 Å². The maximum Gasteiger partial charge on any atom is 0.310 e. The van der Waals surface area contributed by atoms with Crippen molar-refractivity contribution in [2.45, 2.75) is 13.8 Å². The van der Waals surface area contributed by atoms with E-state index in [9.17, 15) is 10.1 Å². The maximum atomic E-state index is 10.8. The van der Waals surface area contributed by atoms with Gasteiger partial charge in [-0.1, -0.05) is 26.5 Å². The molecule has 0 fully saturated rings. The first-order valence-corrected chi connectivity index (χ1v) is 5.08. The number of ether oxygens (including phenoxy) is 1. The van der Waals surface area contributed by atoms with Crippen molar-refractivity contribution in [1.82, 2.24) is 0 Å². The third-order valence-electron chi connectivity index (χ3n) is 1.99. The summed E-state index contributed by atoms with van der Waals surface area (Å²) in [5.74, 6) is 0.628. The van der Waals surface area contributed by atoms with Gasteiger partial charge in [-0.15, -0.1) is 0 Å². The van der Waals surface area contributed by atoms with Gasteiger partial charge in [0.2, 0.25) is 0 Å². The van der Waals surface area contributed by atoms with Crippen molar-refractivity contribution in [2.75, 3.05) is 6.61 Å². The lowest BCUT2D eigenvalue weighted by Gasteiger charge is -2.09. The Labute approximate surface area is 94.7 Å². The van der Waals surface area contributed by atoms with E-state index in [0.29, 0.717) is 18.3 Å². The van der Waals surface area contributed by atoms with E-state index in [-0.39, 0.29) is 5.69 Å². The lowest BCUT2D eigenvalue weighted by Crippen LogP contribution is -2.06. The average molecular weight is 221 g/mol. The zero-order valence-electron chi connectivity index (χ0n) is 9.47. The van der Waals surface area contributed by atoms with Gasteiger partial charge in [0.1, 0.15) is 0 Å². The molecule has 0 amide bonds. The fourth-order valence-electron chi connectivity index (χ4n) is 1.18. The minimum Gasteiger partial charge on any atom is -0.487 e. The predicted octanol–water partition coefficient (Wildman–Crippen LogP) is 3.27. The van der Waals surface area contributed by atoms with Gasteiger partial charge in [-0.2, -0.15) is 0 Å². The Bertz CT molecular complexity index is 399. The van der Waals surface area contributed by atoms with Gasteiger partial charge in [0, 0.05) is 6.07 Å². The first-order chi connectivity index (χ1) is 7.54. The molecule has 4 nitrogen and oxygen atoms in total. The Morgan fingerprint density at radius 1 is 1.56 bits per heavy atom. The van der Waals surface area contributed by atoms with Crippen molar-refractivity contribution < 1.29 is 9.66 Å². The van der Waals surface area contributed by atoms with Crippen molar-refractivity contribution in [3.05, 3.63) is 40.5 Å². The molecule has 0 atom stereocenters. The van der Waals surface area contributed by atoms with Gasteiger partial charge in [0.25, 0.3) is 0 Å². The summed E-state index contributed by atoms with van der Waals surface area (Å²) in [7, 11) is 0. The molecule has 0 spiro atoms. The fraction of sp³-hybridized carbons (Fsp3) is 0.333. The standard InChI is InChI=1S/C12H15NO3/c1-4-10-5-6-11(13(14)15)12(7-10)16-8-9(2)3/h4-7,9H,1,8H2,2-3H3. The molecule has 16 heavy (non-hydrogen) atoms. The summed E-state index contributed by atoms with van der Waals surface area (Å²) in [4.78, 5) is 10.3. The number of benzene rings is 1. The quantitative estimate of drug-likeness (QED) is 0.566. The molecule has 0 unspecified atom stereocenters. The van der Waals surface area contributed by atoms with Gasteiger partial charge in [0.05, 0.1) is 11.5 Å². The fourth-order valence-corrected chi connectivity index (χ4v) is 1.18. The second kappa shape index (κ2) is 5.30. The molecule has 1 aromatic rings. The summed E-state index contributed by atoms with van der Waals surface area (Å²) in [5, 5.41) is 10.8. The Balaban J connectivity index is 3.00. The van der Waals surface area contributed by atoms with Crippen LogP contribution in [0.15, 0.2) is 24.8 Å². The highest BCUT2D eigenvalue weighted by Gasteiger charge is 2.15. The van der Waals surface area contributed by atoms with E-state index < -0.39 is 4.92 Å². The van der Waals surface area contributed by atoms with Crippen molar-refractivity contribution in [1.29, 1.82) is 0 Å². The van der Waals surface area contributed by atoms with Crippen molar-refractivity contribution in [3.63, 3.8) is 0 Å².